The van der Waals surface area contributed by atoms with Crippen molar-refractivity contribution in [3.8, 4) is 0 Å². The molecule has 15 heavy (non-hydrogen) atoms. The lowest BCUT2D eigenvalue weighted by atomic mass is 10.3. The Morgan fingerprint density at radius 1 is 1.13 bits per heavy atom. The van der Waals surface area contributed by atoms with Gasteiger partial charge >= 0.3 is 0 Å². The zero-order chi connectivity index (χ0) is 11.1. The molecule has 0 amide bonds. The van der Waals surface area contributed by atoms with Crippen LogP contribution in [0.5, 0.6) is 0 Å². The third-order valence-corrected chi connectivity index (χ3v) is 2.74. The molecule has 1 rings (SSSR count). The number of benzene rings is 1. The normalized spacial score (nSPS) is 11.3. The van der Waals surface area contributed by atoms with Gasteiger partial charge in [0.15, 0.2) is 0 Å². The molecular weight excluding hydrogens is 214 g/mol. The molecule has 0 aromatic heterocycles. The molecule has 4 nitrogen and oxygen atoms in total. The van der Waals surface area contributed by atoms with Crippen molar-refractivity contribution in [3.05, 3.63) is 30.3 Å². The number of nitrogens with one attached hydrogen (secondary N) is 1. The Morgan fingerprint density at radius 3 is 2.40 bits per heavy atom. The van der Waals surface area contributed by atoms with Crippen LogP contribution < -0.4 is 5.32 Å². The van der Waals surface area contributed by atoms with Crippen LogP contribution in [-0.2, 0) is 10.1 Å². The van der Waals surface area contributed by atoms with Crippen molar-refractivity contribution >= 4 is 15.8 Å². The van der Waals surface area contributed by atoms with Crippen LogP contribution in [0.3, 0.4) is 0 Å². The Labute approximate surface area is 90.1 Å². The van der Waals surface area contributed by atoms with E-state index in [1.165, 1.54) is 0 Å². The van der Waals surface area contributed by atoms with E-state index in [2.05, 4.69) is 5.32 Å². The predicted molar refractivity (Wildman–Crippen MR) is 60.6 cm³/mol. The van der Waals surface area contributed by atoms with Crippen LogP contribution in [0, 0.1) is 0 Å². The van der Waals surface area contributed by atoms with Crippen LogP contribution in [0.2, 0.25) is 0 Å². The monoisotopic (exact) mass is 229 g/mol. The van der Waals surface area contributed by atoms with E-state index in [1.807, 2.05) is 30.3 Å². The summed E-state index contributed by atoms with van der Waals surface area (Å²) in [6, 6.07) is 9.69. The standard InChI is InChI=1S/C10H15NO3S/c12-15(13,14)9-5-4-8-11-10-6-2-1-3-7-10/h1-3,6-7,11H,4-5,8-9H2,(H,12,13,14). The van der Waals surface area contributed by atoms with Gasteiger partial charge in [-0.3, -0.25) is 4.55 Å². The average molecular weight is 229 g/mol. The molecule has 84 valence electrons. The van der Waals surface area contributed by atoms with Gasteiger partial charge in [0, 0.05) is 12.2 Å². The van der Waals surface area contributed by atoms with Crippen molar-refractivity contribution in [3.63, 3.8) is 0 Å². The van der Waals surface area contributed by atoms with Crippen molar-refractivity contribution in [2.45, 2.75) is 12.8 Å². The van der Waals surface area contributed by atoms with Crippen LogP contribution in [-0.4, -0.2) is 25.3 Å². The lowest BCUT2D eigenvalue weighted by molar-refractivity contribution is 0.480. The molecule has 0 atom stereocenters. The summed E-state index contributed by atoms with van der Waals surface area (Å²) < 4.78 is 29.3. The van der Waals surface area contributed by atoms with E-state index in [4.69, 9.17) is 4.55 Å². The molecule has 0 heterocycles. The maximum atomic E-state index is 10.4. The van der Waals surface area contributed by atoms with Gasteiger partial charge in [-0.15, -0.1) is 0 Å². The number of rotatable bonds is 6. The minimum Gasteiger partial charge on any atom is -0.385 e. The van der Waals surface area contributed by atoms with Gasteiger partial charge in [-0.25, -0.2) is 0 Å². The largest absolute Gasteiger partial charge is 0.385 e. The molecule has 0 saturated heterocycles. The summed E-state index contributed by atoms with van der Waals surface area (Å²) in [4.78, 5) is 0. The second kappa shape index (κ2) is 5.72. The Morgan fingerprint density at radius 2 is 1.80 bits per heavy atom. The first-order valence-electron chi connectivity index (χ1n) is 4.82. The van der Waals surface area contributed by atoms with E-state index in [-0.39, 0.29) is 5.75 Å². The third-order valence-electron chi connectivity index (χ3n) is 1.93. The molecular formula is C10H15NO3S. The fourth-order valence-corrected chi connectivity index (χ4v) is 1.77. The van der Waals surface area contributed by atoms with E-state index in [0.29, 0.717) is 19.4 Å². The average Bonchev–Trinajstić information content (AvgIpc) is 2.17. The summed E-state index contributed by atoms with van der Waals surface area (Å²) in [6.45, 7) is 0.708. The second-order valence-electron chi connectivity index (χ2n) is 3.29. The van der Waals surface area contributed by atoms with Gasteiger partial charge in [0.05, 0.1) is 5.75 Å². The minimum absolute atomic E-state index is 0.163. The molecule has 2 N–H and O–H groups in total. The van der Waals surface area contributed by atoms with Crippen molar-refractivity contribution < 1.29 is 13.0 Å². The summed E-state index contributed by atoms with van der Waals surface area (Å²) in [5.41, 5.74) is 1.02. The topological polar surface area (TPSA) is 66.4 Å². The number of hydrogen-bond acceptors (Lipinski definition) is 3. The van der Waals surface area contributed by atoms with Crippen LogP contribution in [0.4, 0.5) is 5.69 Å². The molecule has 0 fully saturated rings. The maximum Gasteiger partial charge on any atom is 0.264 e. The Kier molecular flexibility index (Phi) is 4.58. The molecule has 0 aliphatic heterocycles. The highest BCUT2D eigenvalue weighted by atomic mass is 32.2. The molecule has 0 aliphatic carbocycles. The predicted octanol–water partition coefficient (Wildman–Crippen LogP) is 1.77. The summed E-state index contributed by atoms with van der Waals surface area (Å²) >= 11 is 0. The van der Waals surface area contributed by atoms with Crippen molar-refractivity contribution in [1.82, 2.24) is 0 Å². The van der Waals surface area contributed by atoms with E-state index >= 15 is 0 Å². The zero-order valence-electron chi connectivity index (χ0n) is 8.39. The first-order chi connectivity index (χ1) is 7.08. The maximum absolute atomic E-state index is 10.4. The highest BCUT2D eigenvalue weighted by Gasteiger charge is 2.02. The molecule has 0 unspecified atom stereocenters. The smallest absolute Gasteiger partial charge is 0.264 e. The van der Waals surface area contributed by atoms with Gasteiger partial charge in [0.1, 0.15) is 0 Å². The Hall–Kier alpha value is -1.07. The summed E-state index contributed by atoms with van der Waals surface area (Å²) in [5.74, 6) is -0.163. The van der Waals surface area contributed by atoms with Gasteiger partial charge in [0.25, 0.3) is 10.1 Å². The lowest BCUT2D eigenvalue weighted by Crippen LogP contribution is -2.07. The van der Waals surface area contributed by atoms with Crippen LogP contribution in [0.25, 0.3) is 0 Å². The highest BCUT2D eigenvalue weighted by Crippen LogP contribution is 2.05. The first-order valence-corrected chi connectivity index (χ1v) is 6.43. The second-order valence-corrected chi connectivity index (χ2v) is 4.86. The van der Waals surface area contributed by atoms with Gasteiger partial charge in [-0.05, 0) is 25.0 Å². The van der Waals surface area contributed by atoms with Gasteiger partial charge in [-0.2, -0.15) is 8.42 Å². The molecule has 0 bridgehead atoms. The van der Waals surface area contributed by atoms with Crippen LogP contribution >= 0.6 is 0 Å². The molecule has 1 aromatic rings. The molecule has 0 saturated carbocycles. The van der Waals surface area contributed by atoms with E-state index < -0.39 is 10.1 Å². The Bertz CT molecular complexity index is 375. The highest BCUT2D eigenvalue weighted by molar-refractivity contribution is 7.85. The van der Waals surface area contributed by atoms with Gasteiger partial charge < -0.3 is 5.32 Å². The van der Waals surface area contributed by atoms with Crippen molar-refractivity contribution in [1.29, 1.82) is 0 Å². The minimum atomic E-state index is -3.80. The number of para-hydroxylation sites is 1. The van der Waals surface area contributed by atoms with Crippen molar-refractivity contribution in [2.24, 2.45) is 0 Å². The fourth-order valence-electron chi connectivity index (χ4n) is 1.20. The van der Waals surface area contributed by atoms with Crippen molar-refractivity contribution in [2.75, 3.05) is 17.6 Å². The quantitative estimate of drug-likeness (QED) is 0.576. The van der Waals surface area contributed by atoms with E-state index in [1.54, 1.807) is 0 Å². The number of anilines is 1. The van der Waals surface area contributed by atoms with E-state index in [0.717, 1.165) is 5.69 Å². The summed E-state index contributed by atoms with van der Waals surface area (Å²) in [6.07, 6.45) is 1.19. The van der Waals surface area contributed by atoms with Gasteiger partial charge in [0.2, 0.25) is 0 Å². The summed E-state index contributed by atoms with van der Waals surface area (Å²) in [7, 11) is -3.80. The van der Waals surface area contributed by atoms with Crippen LogP contribution in [0.1, 0.15) is 12.8 Å². The summed E-state index contributed by atoms with van der Waals surface area (Å²) in [5, 5.41) is 3.15. The lowest BCUT2D eigenvalue weighted by Gasteiger charge is -2.04. The van der Waals surface area contributed by atoms with Crippen LogP contribution in [0.15, 0.2) is 30.3 Å². The molecule has 0 aliphatic rings. The van der Waals surface area contributed by atoms with Gasteiger partial charge in [-0.1, -0.05) is 18.2 Å². The SMILES string of the molecule is O=S(=O)(O)CCCCNc1ccccc1. The number of hydrogen-bond donors (Lipinski definition) is 2. The Balaban J connectivity index is 2.13. The fraction of sp³-hybridized carbons (Fsp3) is 0.400. The molecule has 0 radical (unpaired) electrons. The number of unbranched alkanes of at least 4 members (excludes halogenated alkanes) is 1. The molecule has 1 aromatic carbocycles. The zero-order valence-corrected chi connectivity index (χ0v) is 9.20. The molecule has 0 spiro atoms. The molecule has 5 heteroatoms. The van der Waals surface area contributed by atoms with E-state index in [9.17, 15) is 8.42 Å². The third kappa shape index (κ3) is 6.09. The first kappa shape index (κ1) is 12.0.